The highest BCUT2D eigenvalue weighted by Crippen LogP contribution is 2.23. The van der Waals surface area contributed by atoms with Crippen molar-refractivity contribution in [3.63, 3.8) is 0 Å². The van der Waals surface area contributed by atoms with Gasteiger partial charge in [-0.2, -0.15) is 0 Å². The first-order valence-corrected chi connectivity index (χ1v) is 9.66. The Kier molecular flexibility index (Phi) is 5.91. The van der Waals surface area contributed by atoms with Crippen molar-refractivity contribution in [3.05, 3.63) is 24.3 Å². The lowest BCUT2D eigenvalue weighted by Crippen LogP contribution is -2.44. The van der Waals surface area contributed by atoms with Crippen LogP contribution in [0.4, 0.5) is 0 Å². The molecule has 0 aliphatic carbocycles. The lowest BCUT2D eigenvalue weighted by molar-refractivity contribution is -0.137. The van der Waals surface area contributed by atoms with Gasteiger partial charge in [-0.25, -0.2) is 26.3 Å². The third-order valence-corrected chi connectivity index (χ3v) is 6.43. The van der Waals surface area contributed by atoms with Crippen LogP contribution in [-0.4, -0.2) is 40.5 Å². The first-order chi connectivity index (χ1) is 10.4. The van der Waals surface area contributed by atoms with Gasteiger partial charge >= 0.3 is 5.97 Å². The van der Waals surface area contributed by atoms with Crippen molar-refractivity contribution in [1.29, 1.82) is 0 Å². The van der Waals surface area contributed by atoms with Crippen LogP contribution in [-0.2, 0) is 24.8 Å². The number of carboxylic acids is 1. The highest BCUT2D eigenvalue weighted by Gasteiger charge is 2.31. The maximum absolute atomic E-state index is 12.5. The zero-order valence-electron chi connectivity index (χ0n) is 13.0. The number of sulfonamides is 2. The predicted molar refractivity (Wildman–Crippen MR) is 84.0 cm³/mol. The summed E-state index contributed by atoms with van der Waals surface area (Å²) in [6.07, 6.45) is -0.158. The van der Waals surface area contributed by atoms with E-state index in [-0.39, 0.29) is 17.7 Å². The van der Waals surface area contributed by atoms with Crippen molar-refractivity contribution in [3.8, 4) is 0 Å². The van der Waals surface area contributed by atoms with E-state index >= 15 is 0 Å². The van der Waals surface area contributed by atoms with Crippen LogP contribution in [0.15, 0.2) is 34.1 Å². The minimum absolute atomic E-state index is 0.0580. The second-order valence-corrected chi connectivity index (χ2v) is 9.04. The Labute approximate surface area is 136 Å². The van der Waals surface area contributed by atoms with E-state index in [2.05, 4.69) is 9.44 Å². The van der Waals surface area contributed by atoms with Crippen LogP contribution in [0.1, 0.15) is 26.7 Å². The van der Waals surface area contributed by atoms with Crippen molar-refractivity contribution in [2.24, 2.45) is 0 Å². The van der Waals surface area contributed by atoms with E-state index < -0.39 is 36.5 Å². The summed E-state index contributed by atoms with van der Waals surface area (Å²) in [6, 6.07) is 5.19. The normalized spacial score (nSPS) is 13.0. The minimum atomic E-state index is -4.15. The highest BCUT2D eigenvalue weighted by molar-refractivity contribution is 7.92. The van der Waals surface area contributed by atoms with Crippen molar-refractivity contribution >= 4 is 26.0 Å². The zero-order valence-corrected chi connectivity index (χ0v) is 14.7. The molecular formula is C13H20N2O6S2. The Hall–Kier alpha value is -1.49. The van der Waals surface area contributed by atoms with E-state index in [1.54, 1.807) is 0 Å². The van der Waals surface area contributed by atoms with Crippen molar-refractivity contribution in [2.45, 2.75) is 42.0 Å². The van der Waals surface area contributed by atoms with Crippen LogP contribution in [0.2, 0.25) is 0 Å². The minimum Gasteiger partial charge on any atom is -0.481 e. The Morgan fingerprint density at radius 3 is 2.00 bits per heavy atom. The van der Waals surface area contributed by atoms with Crippen LogP contribution >= 0.6 is 0 Å². The van der Waals surface area contributed by atoms with Gasteiger partial charge in [0.05, 0.1) is 0 Å². The summed E-state index contributed by atoms with van der Waals surface area (Å²) < 4.78 is 53.4. The van der Waals surface area contributed by atoms with Gasteiger partial charge in [0.1, 0.15) is 9.79 Å². The fourth-order valence-electron chi connectivity index (χ4n) is 1.89. The van der Waals surface area contributed by atoms with Gasteiger partial charge in [0, 0.05) is 12.0 Å². The van der Waals surface area contributed by atoms with E-state index in [4.69, 9.17) is 5.11 Å². The quantitative estimate of drug-likeness (QED) is 0.616. The van der Waals surface area contributed by atoms with E-state index in [1.165, 1.54) is 45.2 Å². The molecule has 0 amide bonds. The summed E-state index contributed by atoms with van der Waals surface area (Å²) in [5.74, 6) is -1.05. The maximum atomic E-state index is 12.5. The first-order valence-electron chi connectivity index (χ1n) is 6.70. The molecule has 0 atom stereocenters. The van der Waals surface area contributed by atoms with Crippen LogP contribution in [0.3, 0.4) is 0 Å². The van der Waals surface area contributed by atoms with E-state index in [9.17, 15) is 21.6 Å². The van der Waals surface area contributed by atoms with Gasteiger partial charge in [0.25, 0.3) is 0 Å². The topological polar surface area (TPSA) is 130 Å². The molecule has 0 aromatic heterocycles. The number of carboxylic acid groups (broad SMARTS) is 1. The van der Waals surface area contributed by atoms with E-state index in [0.717, 1.165) is 0 Å². The van der Waals surface area contributed by atoms with Crippen LogP contribution in [0, 0.1) is 0 Å². The van der Waals surface area contributed by atoms with Crippen LogP contribution < -0.4 is 9.44 Å². The molecule has 0 aliphatic rings. The molecule has 0 heterocycles. The molecule has 0 unspecified atom stereocenters. The Morgan fingerprint density at radius 1 is 1.09 bits per heavy atom. The van der Waals surface area contributed by atoms with Gasteiger partial charge < -0.3 is 5.11 Å². The SMILES string of the molecule is CNS(=O)(=O)c1ccccc1S(=O)(=O)NC(C)(C)CCC(=O)O. The average molecular weight is 364 g/mol. The standard InChI is InChI=1S/C13H20N2O6S2/c1-13(2,9-8-12(16)17)15-23(20,21)11-7-5-4-6-10(11)22(18,19)14-3/h4-7,14-15H,8-9H2,1-3H3,(H,16,17). The number of rotatable bonds is 8. The number of hydrogen-bond donors (Lipinski definition) is 3. The zero-order chi connectivity index (χ0) is 17.9. The molecule has 0 saturated carbocycles. The summed E-state index contributed by atoms with van der Waals surface area (Å²) >= 11 is 0. The summed E-state index contributed by atoms with van der Waals surface area (Å²) in [4.78, 5) is 9.88. The average Bonchev–Trinajstić information content (AvgIpc) is 2.44. The van der Waals surface area contributed by atoms with Crippen LogP contribution in [0.25, 0.3) is 0 Å². The van der Waals surface area contributed by atoms with Gasteiger partial charge in [-0.15, -0.1) is 0 Å². The molecular weight excluding hydrogens is 344 g/mol. The van der Waals surface area contributed by atoms with E-state index in [0.29, 0.717) is 0 Å². The first kappa shape index (κ1) is 19.6. The molecule has 8 nitrogen and oxygen atoms in total. The van der Waals surface area contributed by atoms with E-state index in [1.807, 2.05) is 0 Å². The molecule has 0 fully saturated rings. The largest absolute Gasteiger partial charge is 0.481 e. The molecule has 0 aliphatic heterocycles. The number of carbonyl (C=O) groups is 1. The predicted octanol–water partition coefficient (Wildman–Crippen LogP) is 0.516. The van der Waals surface area contributed by atoms with Gasteiger partial charge in [-0.3, -0.25) is 4.79 Å². The molecule has 10 heteroatoms. The second-order valence-electron chi connectivity index (χ2n) is 5.54. The van der Waals surface area contributed by atoms with Gasteiger partial charge in [0.15, 0.2) is 0 Å². The highest BCUT2D eigenvalue weighted by atomic mass is 32.2. The molecule has 0 spiro atoms. The Bertz CT molecular complexity index is 784. The fourth-order valence-corrected chi connectivity index (χ4v) is 4.89. The number of aliphatic carboxylic acids is 1. The van der Waals surface area contributed by atoms with Crippen molar-refractivity contribution < 1.29 is 26.7 Å². The van der Waals surface area contributed by atoms with Crippen LogP contribution in [0.5, 0.6) is 0 Å². The Morgan fingerprint density at radius 2 is 1.57 bits per heavy atom. The monoisotopic (exact) mass is 364 g/mol. The summed E-state index contributed by atoms with van der Waals surface area (Å²) in [5, 5.41) is 8.71. The molecule has 23 heavy (non-hydrogen) atoms. The molecule has 1 aromatic rings. The molecule has 1 aromatic carbocycles. The molecule has 0 bridgehead atoms. The molecule has 1 rings (SSSR count). The molecule has 0 saturated heterocycles. The smallest absolute Gasteiger partial charge is 0.303 e. The number of hydrogen-bond acceptors (Lipinski definition) is 5. The maximum Gasteiger partial charge on any atom is 0.303 e. The third-order valence-electron chi connectivity index (χ3n) is 3.07. The molecule has 130 valence electrons. The lowest BCUT2D eigenvalue weighted by atomic mass is 10.0. The second kappa shape index (κ2) is 6.95. The molecule has 0 radical (unpaired) electrons. The summed E-state index contributed by atoms with van der Waals surface area (Å²) in [7, 11) is -6.92. The van der Waals surface area contributed by atoms with Gasteiger partial charge in [-0.1, -0.05) is 12.1 Å². The fraction of sp³-hybridized carbons (Fsp3) is 0.462. The lowest BCUT2D eigenvalue weighted by Gasteiger charge is -2.25. The third kappa shape index (κ3) is 5.27. The Balaban J connectivity index is 3.23. The van der Waals surface area contributed by atoms with Gasteiger partial charge in [0.2, 0.25) is 20.0 Å². The summed E-state index contributed by atoms with van der Waals surface area (Å²) in [6.45, 7) is 3.06. The number of nitrogens with one attached hydrogen (secondary N) is 2. The van der Waals surface area contributed by atoms with Gasteiger partial charge in [-0.05, 0) is 39.4 Å². The number of benzene rings is 1. The van der Waals surface area contributed by atoms with Crippen molar-refractivity contribution in [1.82, 2.24) is 9.44 Å². The summed E-state index contributed by atoms with van der Waals surface area (Å²) in [5.41, 5.74) is -1.05. The van der Waals surface area contributed by atoms with Crippen molar-refractivity contribution in [2.75, 3.05) is 7.05 Å². The molecule has 3 N–H and O–H groups in total.